The Morgan fingerprint density at radius 3 is 2.88 bits per heavy atom. The molecule has 2 amide bonds. The minimum atomic E-state index is -0.574. The maximum atomic E-state index is 12.4. The molecule has 7 nitrogen and oxygen atoms in total. The number of benzene rings is 1. The fraction of sp³-hybridized carbons (Fsp3) is 0.125. The minimum absolute atomic E-state index is 0.0773. The van der Waals surface area contributed by atoms with Gasteiger partial charge in [-0.15, -0.1) is 5.10 Å². The van der Waals surface area contributed by atoms with E-state index in [1.54, 1.807) is 24.3 Å². The van der Waals surface area contributed by atoms with Crippen molar-refractivity contribution in [3.8, 4) is 0 Å². The van der Waals surface area contributed by atoms with Crippen LogP contribution in [0.1, 0.15) is 12.2 Å². The molecule has 25 heavy (non-hydrogen) atoms. The van der Waals surface area contributed by atoms with E-state index < -0.39 is 5.25 Å². The van der Waals surface area contributed by atoms with Gasteiger partial charge in [-0.3, -0.25) is 9.59 Å². The molecule has 1 fully saturated rings. The molecule has 0 radical (unpaired) electrons. The van der Waals surface area contributed by atoms with Crippen LogP contribution < -0.4 is 10.6 Å². The second kappa shape index (κ2) is 8.13. The Morgan fingerprint density at radius 1 is 1.36 bits per heavy atom. The number of hydrogen-bond acceptors (Lipinski definition) is 6. The van der Waals surface area contributed by atoms with E-state index in [2.05, 4.69) is 36.8 Å². The van der Waals surface area contributed by atoms with Gasteiger partial charge < -0.3 is 15.1 Å². The number of halogens is 1. The first-order valence-electron chi connectivity index (χ1n) is 7.27. The quantitative estimate of drug-likeness (QED) is 0.586. The number of nitrogens with one attached hydrogen (secondary N) is 2. The van der Waals surface area contributed by atoms with Crippen molar-refractivity contribution >= 4 is 56.6 Å². The van der Waals surface area contributed by atoms with Crippen LogP contribution in [0, 0.1) is 0 Å². The van der Waals surface area contributed by atoms with Crippen LogP contribution >= 0.6 is 27.7 Å². The molecular formula is C16H13BrN4O3S. The van der Waals surface area contributed by atoms with Gasteiger partial charge in [0.05, 0.1) is 12.5 Å². The van der Waals surface area contributed by atoms with Crippen LogP contribution in [0.5, 0.6) is 0 Å². The van der Waals surface area contributed by atoms with Crippen molar-refractivity contribution in [2.45, 2.75) is 11.7 Å². The third-order valence-corrected chi connectivity index (χ3v) is 4.75. The lowest BCUT2D eigenvalue weighted by Crippen LogP contribution is -2.41. The molecule has 9 heteroatoms. The van der Waals surface area contributed by atoms with Gasteiger partial charge in [-0.2, -0.15) is 5.10 Å². The number of hydrogen-bond donors (Lipinski definition) is 2. The summed E-state index contributed by atoms with van der Waals surface area (Å²) in [5.41, 5.74) is 0.661. The lowest BCUT2D eigenvalue weighted by atomic mass is 10.2. The Bertz CT molecular complexity index is 818. The van der Waals surface area contributed by atoms with Crippen LogP contribution in [0.25, 0.3) is 0 Å². The lowest BCUT2D eigenvalue weighted by Gasteiger charge is -2.21. The zero-order valence-corrected chi connectivity index (χ0v) is 15.2. The molecule has 3 rings (SSSR count). The number of anilines is 1. The van der Waals surface area contributed by atoms with Gasteiger partial charge in [-0.05, 0) is 36.4 Å². The molecule has 128 valence electrons. The largest absolute Gasteiger partial charge is 0.463 e. The van der Waals surface area contributed by atoms with Crippen LogP contribution in [-0.4, -0.2) is 28.4 Å². The highest BCUT2D eigenvalue weighted by Crippen LogP contribution is 2.23. The normalized spacial score (nSPS) is 19.2. The van der Waals surface area contributed by atoms with Crippen LogP contribution in [0.4, 0.5) is 5.69 Å². The third kappa shape index (κ3) is 5.04. The Kier molecular flexibility index (Phi) is 5.67. The van der Waals surface area contributed by atoms with E-state index in [1.807, 2.05) is 12.1 Å². The number of amidine groups is 1. The van der Waals surface area contributed by atoms with Crippen molar-refractivity contribution < 1.29 is 14.0 Å². The topological polar surface area (TPSA) is 96.1 Å². The number of furan rings is 1. The van der Waals surface area contributed by atoms with Gasteiger partial charge >= 0.3 is 0 Å². The molecule has 2 aromatic rings. The molecule has 1 aliphatic heterocycles. The number of amides is 2. The molecule has 0 bridgehead atoms. The fourth-order valence-electron chi connectivity index (χ4n) is 2.00. The van der Waals surface area contributed by atoms with Gasteiger partial charge in [0.15, 0.2) is 5.17 Å². The zero-order valence-electron chi connectivity index (χ0n) is 12.8. The molecular weight excluding hydrogens is 408 g/mol. The van der Waals surface area contributed by atoms with E-state index in [9.17, 15) is 9.59 Å². The zero-order chi connectivity index (χ0) is 17.6. The van der Waals surface area contributed by atoms with E-state index in [-0.39, 0.29) is 23.4 Å². The highest BCUT2D eigenvalue weighted by Gasteiger charge is 2.30. The van der Waals surface area contributed by atoms with Crippen molar-refractivity contribution in [1.82, 2.24) is 5.32 Å². The van der Waals surface area contributed by atoms with Crippen LogP contribution in [-0.2, 0) is 9.59 Å². The molecule has 0 aliphatic carbocycles. The molecule has 2 N–H and O–H groups in total. The number of thioether (sulfide) groups is 1. The third-order valence-electron chi connectivity index (χ3n) is 3.15. The first-order chi connectivity index (χ1) is 12.1. The predicted octanol–water partition coefficient (Wildman–Crippen LogP) is 2.99. The van der Waals surface area contributed by atoms with Crippen molar-refractivity contribution in [2.24, 2.45) is 10.2 Å². The van der Waals surface area contributed by atoms with E-state index in [0.717, 1.165) is 16.2 Å². The summed E-state index contributed by atoms with van der Waals surface area (Å²) >= 11 is 4.49. The second-order valence-electron chi connectivity index (χ2n) is 5.02. The first-order valence-corrected chi connectivity index (χ1v) is 8.95. The summed E-state index contributed by atoms with van der Waals surface area (Å²) in [7, 11) is 0. The number of rotatable bonds is 4. The molecule has 0 spiro atoms. The summed E-state index contributed by atoms with van der Waals surface area (Å²) in [5.74, 6) is 0.00700. The Balaban J connectivity index is 1.64. The van der Waals surface area contributed by atoms with E-state index in [0.29, 0.717) is 11.4 Å². The van der Waals surface area contributed by atoms with Crippen molar-refractivity contribution in [2.75, 3.05) is 5.32 Å². The molecule has 1 aromatic heterocycles. The van der Waals surface area contributed by atoms with Gasteiger partial charge in [0.2, 0.25) is 11.8 Å². The Morgan fingerprint density at radius 2 is 2.16 bits per heavy atom. The van der Waals surface area contributed by atoms with Crippen LogP contribution in [0.15, 0.2) is 61.8 Å². The summed E-state index contributed by atoms with van der Waals surface area (Å²) < 4.78 is 6.02. The van der Waals surface area contributed by atoms with E-state index in [4.69, 9.17) is 4.42 Å². The summed E-state index contributed by atoms with van der Waals surface area (Å²) in [6, 6.07) is 10.7. The minimum Gasteiger partial charge on any atom is -0.463 e. The Hall–Kier alpha value is -2.39. The van der Waals surface area contributed by atoms with Crippen molar-refractivity contribution in [1.29, 1.82) is 0 Å². The molecule has 1 atom stereocenters. The maximum Gasteiger partial charge on any atom is 0.238 e. The van der Waals surface area contributed by atoms with Gasteiger partial charge in [0, 0.05) is 16.6 Å². The summed E-state index contributed by atoms with van der Waals surface area (Å²) in [6.45, 7) is 0. The van der Waals surface area contributed by atoms with Gasteiger partial charge in [0.1, 0.15) is 11.0 Å². The number of nitrogens with zero attached hydrogens (tertiary/aromatic N) is 2. The summed E-state index contributed by atoms with van der Waals surface area (Å²) in [4.78, 5) is 24.2. The first kappa shape index (κ1) is 17.4. The maximum absolute atomic E-state index is 12.4. The highest BCUT2D eigenvalue weighted by molar-refractivity contribution is 9.10. The second-order valence-corrected chi connectivity index (χ2v) is 7.13. The fourth-order valence-corrected chi connectivity index (χ4v) is 3.20. The molecule has 1 aliphatic rings. The SMILES string of the molecule is O=C1C[C@H](C(=O)Nc2ccc(Br)cc2)S/C(=N/N=C\c2ccco2)N1. The number of carbonyl (C=O) groups is 2. The molecule has 0 saturated carbocycles. The average molecular weight is 421 g/mol. The van der Waals surface area contributed by atoms with Gasteiger partial charge in [-0.25, -0.2) is 0 Å². The summed E-state index contributed by atoms with van der Waals surface area (Å²) in [5, 5.41) is 12.9. The monoisotopic (exact) mass is 420 g/mol. The average Bonchev–Trinajstić information content (AvgIpc) is 3.10. The van der Waals surface area contributed by atoms with E-state index in [1.165, 1.54) is 12.5 Å². The lowest BCUT2D eigenvalue weighted by molar-refractivity contribution is -0.123. The van der Waals surface area contributed by atoms with Crippen molar-refractivity contribution in [3.63, 3.8) is 0 Å². The van der Waals surface area contributed by atoms with E-state index >= 15 is 0 Å². The van der Waals surface area contributed by atoms with Gasteiger partial charge in [-0.1, -0.05) is 27.7 Å². The predicted molar refractivity (Wildman–Crippen MR) is 101 cm³/mol. The molecule has 1 saturated heterocycles. The smallest absolute Gasteiger partial charge is 0.238 e. The molecule has 2 heterocycles. The standard InChI is InChI=1S/C16H13BrN4O3S/c17-10-3-5-11(6-4-10)19-15(23)13-8-14(22)20-16(25-13)21-18-9-12-2-1-7-24-12/h1-7,9,13H,8H2,(H,19,23)(H,20,21,22)/b18-9-/t13-/m1/s1. The summed E-state index contributed by atoms with van der Waals surface area (Å²) in [6.07, 6.45) is 3.02. The van der Waals surface area contributed by atoms with Crippen molar-refractivity contribution in [3.05, 3.63) is 52.9 Å². The molecule has 0 unspecified atom stereocenters. The van der Waals surface area contributed by atoms with Gasteiger partial charge in [0.25, 0.3) is 0 Å². The highest BCUT2D eigenvalue weighted by atomic mass is 79.9. The van der Waals surface area contributed by atoms with Crippen LogP contribution in [0.3, 0.4) is 0 Å². The molecule has 1 aromatic carbocycles. The van der Waals surface area contributed by atoms with Crippen LogP contribution in [0.2, 0.25) is 0 Å². The Labute approximate surface area is 156 Å². The number of carbonyl (C=O) groups excluding carboxylic acids is 2.